The molecule has 9 heteroatoms. The lowest BCUT2D eigenvalue weighted by molar-refractivity contribution is -0.384. The quantitative estimate of drug-likeness (QED) is 0.475. The molecule has 0 spiro atoms. The number of carbonyl (C=O) groups excluding carboxylic acids is 1. The molecule has 1 saturated heterocycles. The second-order valence-corrected chi connectivity index (χ2v) is 6.68. The van der Waals surface area contributed by atoms with Gasteiger partial charge in [-0.3, -0.25) is 14.9 Å². The van der Waals surface area contributed by atoms with Gasteiger partial charge in [0, 0.05) is 50.7 Å². The zero-order valence-corrected chi connectivity index (χ0v) is 16.0. The van der Waals surface area contributed by atoms with Crippen LogP contribution < -0.4 is 9.64 Å². The van der Waals surface area contributed by atoms with Crippen LogP contribution in [0.25, 0.3) is 0 Å². The summed E-state index contributed by atoms with van der Waals surface area (Å²) in [5.41, 5.74) is 0.00699. The Balaban J connectivity index is 1.55. The number of benzene rings is 2. The smallest absolute Gasteiger partial charge is 0.270 e. The number of rotatable bonds is 5. The van der Waals surface area contributed by atoms with Crippen LogP contribution in [0.1, 0.15) is 10.4 Å². The van der Waals surface area contributed by atoms with E-state index in [1.807, 2.05) is 23.1 Å². The fourth-order valence-corrected chi connectivity index (χ4v) is 3.24. The van der Waals surface area contributed by atoms with E-state index in [1.54, 1.807) is 35.5 Å². The number of carbonyl (C=O) groups is 1. The van der Waals surface area contributed by atoms with Crippen LogP contribution in [0.5, 0.6) is 11.5 Å². The first-order valence-corrected chi connectivity index (χ1v) is 9.44. The van der Waals surface area contributed by atoms with Gasteiger partial charge in [0.1, 0.15) is 11.5 Å². The Kier molecular flexibility index (Phi) is 5.51. The SMILES string of the molecule is O=C(c1cc([N+](=O)[O-])ccc1Oc1ccccc1)N1CCN(c2ncccn2)CC1. The first kappa shape index (κ1) is 19.3. The second-order valence-electron chi connectivity index (χ2n) is 6.68. The topological polar surface area (TPSA) is 102 Å². The number of piperazine rings is 1. The van der Waals surface area contributed by atoms with Crippen molar-refractivity contribution in [1.82, 2.24) is 14.9 Å². The molecule has 1 aromatic heterocycles. The van der Waals surface area contributed by atoms with Crippen molar-refractivity contribution >= 4 is 17.5 Å². The van der Waals surface area contributed by atoms with Crippen molar-refractivity contribution < 1.29 is 14.5 Å². The number of hydrogen-bond acceptors (Lipinski definition) is 7. The Morgan fingerprint density at radius 1 is 0.967 bits per heavy atom. The molecule has 0 unspecified atom stereocenters. The summed E-state index contributed by atoms with van der Waals surface area (Å²) in [7, 11) is 0. The normalized spacial score (nSPS) is 13.7. The number of hydrogen-bond donors (Lipinski definition) is 0. The molecule has 0 atom stereocenters. The number of aromatic nitrogens is 2. The Morgan fingerprint density at radius 3 is 2.33 bits per heavy atom. The Labute approximate surface area is 172 Å². The number of para-hydroxylation sites is 1. The molecule has 1 aliphatic heterocycles. The van der Waals surface area contributed by atoms with E-state index >= 15 is 0 Å². The number of nitrogens with zero attached hydrogens (tertiary/aromatic N) is 5. The second kappa shape index (κ2) is 8.56. The predicted octanol–water partition coefficient (Wildman–Crippen LogP) is 3.14. The van der Waals surface area contributed by atoms with E-state index in [9.17, 15) is 14.9 Å². The Hall–Kier alpha value is -4.01. The summed E-state index contributed by atoms with van der Waals surface area (Å²) in [6, 6.07) is 14.8. The van der Waals surface area contributed by atoms with E-state index in [0.717, 1.165) is 0 Å². The highest BCUT2D eigenvalue weighted by Crippen LogP contribution is 2.30. The van der Waals surface area contributed by atoms with E-state index in [4.69, 9.17) is 4.74 Å². The zero-order valence-electron chi connectivity index (χ0n) is 16.0. The molecule has 9 nitrogen and oxygen atoms in total. The summed E-state index contributed by atoms with van der Waals surface area (Å²) >= 11 is 0. The van der Waals surface area contributed by atoms with Crippen molar-refractivity contribution in [3.8, 4) is 11.5 Å². The van der Waals surface area contributed by atoms with Gasteiger partial charge in [-0.2, -0.15) is 0 Å². The third-order valence-corrected chi connectivity index (χ3v) is 4.78. The summed E-state index contributed by atoms with van der Waals surface area (Å²) in [6.07, 6.45) is 3.35. The summed E-state index contributed by atoms with van der Waals surface area (Å²) < 4.78 is 5.85. The molecule has 3 aromatic rings. The molecule has 4 rings (SSSR count). The van der Waals surface area contributed by atoms with Gasteiger partial charge in [0.25, 0.3) is 11.6 Å². The molecule has 0 aliphatic carbocycles. The van der Waals surface area contributed by atoms with Crippen LogP contribution in [0, 0.1) is 10.1 Å². The first-order valence-electron chi connectivity index (χ1n) is 9.44. The highest BCUT2D eigenvalue weighted by atomic mass is 16.6. The Bertz CT molecular complexity index is 1040. The highest BCUT2D eigenvalue weighted by molar-refractivity contribution is 5.98. The van der Waals surface area contributed by atoms with Crippen molar-refractivity contribution in [2.45, 2.75) is 0 Å². The minimum Gasteiger partial charge on any atom is -0.457 e. The average molecular weight is 405 g/mol. The highest BCUT2D eigenvalue weighted by Gasteiger charge is 2.27. The summed E-state index contributed by atoms with van der Waals surface area (Å²) in [5.74, 6) is 1.14. The Morgan fingerprint density at radius 2 is 1.67 bits per heavy atom. The van der Waals surface area contributed by atoms with E-state index in [-0.39, 0.29) is 22.9 Å². The van der Waals surface area contributed by atoms with Gasteiger partial charge in [-0.25, -0.2) is 9.97 Å². The van der Waals surface area contributed by atoms with Crippen LogP contribution >= 0.6 is 0 Å². The molecule has 0 radical (unpaired) electrons. The molecular formula is C21H19N5O4. The molecule has 0 bridgehead atoms. The number of amides is 1. The van der Waals surface area contributed by atoms with Crippen LogP contribution in [-0.4, -0.2) is 51.9 Å². The molecule has 0 N–H and O–H groups in total. The molecule has 0 saturated carbocycles. The molecule has 152 valence electrons. The number of ether oxygens (including phenoxy) is 1. The number of non-ortho nitro benzene ring substituents is 1. The molecule has 1 aliphatic rings. The van der Waals surface area contributed by atoms with E-state index in [1.165, 1.54) is 18.2 Å². The third kappa shape index (κ3) is 4.19. The minimum absolute atomic E-state index is 0.157. The average Bonchev–Trinajstić information content (AvgIpc) is 2.80. The van der Waals surface area contributed by atoms with Crippen molar-refractivity contribution in [1.29, 1.82) is 0 Å². The number of nitro benzene ring substituents is 1. The predicted molar refractivity (Wildman–Crippen MR) is 110 cm³/mol. The van der Waals surface area contributed by atoms with E-state index < -0.39 is 4.92 Å². The van der Waals surface area contributed by atoms with Gasteiger partial charge >= 0.3 is 0 Å². The zero-order chi connectivity index (χ0) is 20.9. The van der Waals surface area contributed by atoms with Crippen molar-refractivity contribution in [3.63, 3.8) is 0 Å². The maximum Gasteiger partial charge on any atom is 0.270 e. The van der Waals surface area contributed by atoms with E-state index in [2.05, 4.69) is 9.97 Å². The van der Waals surface area contributed by atoms with Gasteiger partial charge in [0.05, 0.1) is 10.5 Å². The standard InChI is InChI=1S/C21H19N5O4/c27-20(24-11-13-25(14-12-24)21-22-9-4-10-23-21)18-15-16(26(28)29)7-8-19(18)30-17-5-2-1-3-6-17/h1-10,15H,11-14H2. The van der Waals surface area contributed by atoms with Gasteiger partial charge in [-0.1, -0.05) is 18.2 Å². The molecule has 2 heterocycles. The molecule has 30 heavy (non-hydrogen) atoms. The lowest BCUT2D eigenvalue weighted by atomic mass is 10.1. The molecule has 1 amide bonds. The fraction of sp³-hybridized carbons (Fsp3) is 0.190. The molecule has 1 fully saturated rings. The lowest BCUT2D eigenvalue weighted by Crippen LogP contribution is -2.49. The van der Waals surface area contributed by atoms with Gasteiger partial charge in [0.2, 0.25) is 5.95 Å². The maximum absolute atomic E-state index is 13.2. The van der Waals surface area contributed by atoms with Crippen molar-refractivity contribution in [2.75, 3.05) is 31.1 Å². The summed E-state index contributed by atoms with van der Waals surface area (Å²) in [6.45, 7) is 2.04. The van der Waals surface area contributed by atoms with Crippen LogP contribution in [0.2, 0.25) is 0 Å². The summed E-state index contributed by atoms with van der Waals surface area (Å²) in [4.78, 5) is 36.1. The molecular weight excluding hydrogens is 386 g/mol. The summed E-state index contributed by atoms with van der Waals surface area (Å²) in [5, 5.41) is 11.2. The largest absolute Gasteiger partial charge is 0.457 e. The van der Waals surface area contributed by atoms with Gasteiger partial charge in [0.15, 0.2) is 0 Å². The van der Waals surface area contributed by atoms with Crippen LogP contribution in [0.4, 0.5) is 11.6 Å². The monoisotopic (exact) mass is 405 g/mol. The number of nitro groups is 1. The minimum atomic E-state index is -0.520. The van der Waals surface area contributed by atoms with Gasteiger partial charge < -0.3 is 14.5 Å². The van der Waals surface area contributed by atoms with Crippen LogP contribution in [0.3, 0.4) is 0 Å². The van der Waals surface area contributed by atoms with Crippen molar-refractivity contribution in [2.24, 2.45) is 0 Å². The van der Waals surface area contributed by atoms with Crippen LogP contribution in [0.15, 0.2) is 67.0 Å². The van der Waals surface area contributed by atoms with Gasteiger partial charge in [-0.05, 0) is 24.3 Å². The fourth-order valence-electron chi connectivity index (χ4n) is 3.24. The lowest BCUT2D eigenvalue weighted by Gasteiger charge is -2.34. The van der Waals surface area contributed by atoms with Crippen molar-refractivity contribution in [3.05, 3.63) is 82.7 Å². The first-order chi connectivity index (χ1) is 14.6. The third-order valence-electron chi connectivity index (χ3n) is 4.78. The maximum atomic E-state index is 13.2. The van der Waals surface area contributed by atoms with Gasteiger partial charge in [-0.15, -0.1) is 0 Å². The van der Waals surface area contributed by atoms with Crippen LogP contribution in [-0.2, 0) is 0 Å². The number of anilines is 1. The van der Waals surface area contributed by atoms with E-state index in [0.29, 0.717) is 37.9 Å². The molecule has 2 aromatic carbocycles.